The molecule has 1 unspecified atom stereocenters. The summed E-state index contributed by atoms with van der Waals surface area (Å²) < 4.78 is 0. The maximum atomic E-state index is 13.8. The summed E-state index contributed by atoms with van der Waals surface area (Å²) in [5, 5.41) is 47.5. The Morgan fingerprint density at radius 3 is 2.46 bits per heavy atom. The number of Topliss-reactive ketones (excluding diaryl/α,β-unsaturated/α-hetero) is 2. The number of ketones is 2. The second-order valence-electron chi connectivity index (χ2n) is 10.1. The highest BCUT2D eigenvalue weighted by Crippen LogP contribution is 2.52. The van der Waals surface area contributed by atoms with Gasteiger partial charge in [0.2, 0.25) is 5.78 Å². The SMILES string of the molecule is CC(C)NCc1ccc(O)c2c1C[C@H]1C[C@H]3C(N(C)C)C(=O)C(C(N)=O)=C(O)[C@@]3(O)C(=O)C1=C2O. The van der Waals surface area contributed by atoms with Crippen molar-refractivity contribution in [1.82, 2.24) is 10.2 Å². The van der Waals surface area contributed by atoms with E-state index in [9.17, 15) is 34.8 Å². The zero-order valence-electron chi connectivity index (χ0n) is 20.1. The Morgan fingerprint density at radius 2 is 1.89 bits per heavy atom. The van der Waals surface area contributed by atoms with Crippen LogP contribution in [-0.4, -0.2) is 74.6 Å². The van der Waals surface area contributed by atoms with Crippen molar-refractivity contribution in [2.75, 3.05) is 14.1 Å². The van der Waals surface area contributed by atoms with Gasteiger partial charge in [-0.1, -0.05) is 19.9 Å². The number of nitrogens with zero attached hydrogens (tertiary/aromatic N) is 1. The molecule has 0 aromatic heterocycles. The van der Waals surface area contributed by atoms with Crippen LogP contribution in [-0.2, 0) is 27.3 Å². The summed E-state index contributed by atoms with van der Waals surface area (Å²) >= 11 is 0. The predicted octanol–water partition coefficient (Wildman–Crippen LogP) is 0.462. The number of aliphatic hydroxyl groups is 3. The van der Waals surface area contributed by atoms with Crippen LogP contribution in [0.15, 0.2) is 29.0 Å². The Kier molecular flexibility index (Phi) is 6.03. The number of carbonyl (C=O) groups excluding carboxylic acids is 3. The molecule has 0 aliphatic heterocycles. The molecule has 0 radical (unpaired) electrons. The molecule has 3 aliphatic carbocycles. The molecule has 0 spiro atoms. The lowest BCUT2D eigenvalue weighted by atomic mass is 9.57. The topological polar surface area (TPSA) is 173 Å². The average Bonchev–Trinajstić information content (AvgIpc) is 2.75. The highest BCUT2D eigenvalue weighted by Gasteiger charge is 2.64. The van der Waals surface area contributed by atoms with Crippen molar-refractivity contribution in [3.05, 3.63) is 45.7 Å². The van der Waals surface area contributed by atoms with Gasteiger partial charge >= 0.3 is 0 Å². The number of fused-ring (bicyclic) bond motifs is 3. The Bertz CT molecular complexity index is 1200. The molecule has 10 heteroatoms. The summed E-state index contributed by atoms with van der Waals surface area (Å²) in [6, 6.07) is 2.28. The number of hydrogen-bond acceptors (Lipinski definition) is 9. The van der Waals surface area contributed by atoms with Crippen molar-refractivity contribution in [1.29, 1.82) is 0 Å². The molecule has 4 rings (SSSR count). The minimum atomic E-state index is -2.63. The first-order valence-corrected chi connectivity index (χ1v) is 11.5. The number of rotatable bonds is 5. The van der Waals surface area contributed by atoms with Crippen molar-refractivity contribution in [3.63, 3.8) is 0 Å². The van der Waals surface area contributed by atoms with E-state index in [-0.39, 0.29) is 35.8 Å². The molecule has 1 fully saturated rings. The van der Waals surface area contributed by atoms with Gasteiger partial charge in [-0.15, -0.1) is 0 Å². The third-order valence-corrected chi connectivity index (χ3v) is 7.40. The molecule has 1 aromatic carbocycles. The first-order valence-electron chi connectivity index (χ1n) is 11.5. The van der Waals surface area contributed by atoms with Gasteiger partial charge in [-0.2, -0.15) is 0 Å². The summed E-state index contributed by atoms with van der Waals surface area (Å²) in [5.74, 6) is -6.50. The molecule has 0 bridgehead atoms. The van der Waals surface area contributed by atoms with Crippen LogP contribution in [0.5, 0.6) is 5.75 Å². The second-order valence-corrected chi connectivity index (χ2v) is 10.1. The van der Waals surface area contributed by atoms with Crippen LogP contribution in [0.2, 0.25) is 0 Å². The number of benzene rings is 1. The molecule has 10 nitrogen and oxygen atoms in total. The second kappa shape index (κ2) is 8.47. The lowest BCUT2D eigenvalue weighted by molar-refractivity contribution is -0.153. The fourth-order valence-electron chi connectivity index (χ4n) is 5.79. The number of hydrogen-bond donors (Lipinski definition) is 6. The van der Waals surface area contributed by atoms with Gasteiger partial charge in [0.25, 0.3) is 5.91 Å². The lowest BCUT2D eigenvalue weighted by Crippen LogP contribution is -2.65. The number of aromatic hydroxyl groups is 1. The van der Waals surface area contributed by atoms with Crippen LogP contribution in [0, 0.1) is 11.8 Å². The molecule has 0 saturated heterocycles. The fourth-order valence-corrected chi connectivity index (χ4v) is 5.79. The molecule has 1 amide bonds. The summed E-state index contributed by atoms with van der Waals surface area (Å²) in [5.41, 5.74) is 3.34. The first-order chi connectivity index (χ1) is 16.3. The Morgan fingerprint density at radius 1 is 1.23 bits per heavy atom. The average molecular weight is 486 g/mol. The standard InChI is InChI=1S/C25H31N3O7/c1-10(2)27-9-11-5-6-15(29)17-13(11)7-12-8-14-19(28(3)4)21(31)18(24(26)34)23(33)25(14,35)22(32)16(12)20(17)30/h5-6,10,12,14,19,27,29-30,33,35H,7-9H2,1-4H3,(H2,26,34)/t12-,14-,19?,25-/m0/s1. The van der Waals surface area contributed by atoms with Crippen LogP contribution >= 0.6 is 0 Å². The zero-order chi connectivity index (χ0) is 26.0. The quantitative estimate of drug-likeness (QED) is 0.324. The predicted molar refractivity (Wildman–Crippen MR) is 126 cm³/mol. The summed E-state index contributed by atoms with van der Waals surface area (Å²) in [6.07, 6.45) is 0.344. The summed E-state index contributed by atoms with van der Waals surface area (Å²) in [4.78, 5) is 40.4. The molecule has 3 aliphatic rings. The highest BCUT2D eigenvalue weighted by molar-refractivity contribution is 6.24. The van der Waals surface area contributed by atoms with Gasteiger partial charge in [-0.05, 0) is 50.0 Å². The van der Waals surface area contributed by atoms with Crippen molar-refractivity contribution in [3.8, 4) is 5.75 Å². The number of phenolic OH excluding ortho intramolecular Hbond substituents is 1. The van der Waals surface area contributed by atoms with E-state index in [0.717, 1.165) is 5.56 Å². The van der Waals surface area contributed by atoms with Crippen molar-refractivity contribution in [2.45, 2.75) is 50.9 Å². The summed E-state index contributed by atoms with van der Waals surface area (Å²) in [7, 11) is 3.14. The van der Waals surface area contributed by atoms with Crippen LogP contribution < -0.4 is 11.1 Å². The maximum Gasteiger partial charge on any atom is 0.255 e. The molecule has 1 aromatic rings. The van der Waals surface area contributed by atoms with E-state index in [2.05, 4.69) is 5.32 Å². The van der Waals surface area contributed by atoms with Crippen LogP contribution in [0.25, 0.3) is 5.76 Å². The number of likely N-dealkylation sites (N-methyl/N-ethyl adjacent to an activating group) is 1. The highest BCUT2D eigenvalue weighted by atomic mass is 16.3. The van der Waals surface area contributed by atoms with E-state index >= 15 is 0 Å². The molecule has 7 N–H and O–H groups in total. The minimum Gasteiger partial charge on any atom is -0.508 e. The number of carbonyl (C=O) groups is 3. The smallest absolute Gasteiger partial charge is 0.255 e. The van der Waals surface area contributed by atoms with Gasteiger partial charge in [-0.3, -0.25) is 19.3 Å². The van der Waals surface area contributed by atoms with Crippen LogP contribution in [0.3, 0.4) is 0 Å². The van der Waals surface area contributed by atoms with Gasteiger partial charge in [0.1, 0.15) is 22.8 Å². The Balaban J connectivity index is 1.92. The van der Waals surface area contributed by atoms with E-state index in [1.807, 2.05) is 13.8 Å². The van der Waals surface area contributed by atoms with Crippen LogP contribution in [0.4, 0.5) is 0 Å². The molecule has 188 valence electrons. The summed E-state index contributed by atoms with van der Waals surface area (Å²) in [6.45, 7) is 4.46. The van der Waals surface area contributed by atoms with E-state index in [1.165, 1.54) is 11.0 Å². The van der Waals surface area contributed by atoms with Crippen molar-refractivity contribution < 1.29 is 34.8 Å². The van der Waals surface area contributed by atoms with Gasteiger partial charge < -0.3 is 31.5 Å². The zero-order valence-corrected chi connectivity index (χ0v) is 20.1. The van der Waals surface area contributed by atoms with Crippen molar-refractivity contribution >= 4 is 23.2 Å². The molecular formula is C25H31N3O7. The number of amides is 1. The number of primary amides is 1. The van der Waals surface area contributed by atoms with Gasteiger partial charge in [0.05, 0.1) is 11.6 Å². The molecule has 1 saturated carbocycles. The number of nitrogens with one attached hydrogen (secondary N) is 1. The normalized spacial score (nSPS) is 28.4. The molecule has 4 atom stereocenters. The Labute approximate surface area is 202 Å². The van der Waals surface area contributed by atoms with Crippen molar-refractivity contribution in [2.24, 2.45) is 17.6 Å². The number of aliphatic hydroxyl groups excluding tert-OH is 2. The van der Waals surface area contributed by atoms with Gasteiger partial charge in [-0.25, -0.2) is 0 Å². The monoisotopic (exact) mass is 485 g/mol. The fraction of sp³-hybridized carbons (Fsp3) is 0.480. The van der Waals surface area contributed by atoms with E-state index in [0.29, 0.717) is 12.1 Å². The number of phenols is 1. The van der Waals surface area contributed by atoms with E-state index < -0.39 is 58.0 Å². The van der Waals surface area contributed by atoms with Gasteiger partial charge in [0, 0.05) is 24.1 Å². The molecule has 35 heavy (non-hydrogen) atoms. The first kappa shape index (κ1) is 24.9. The Hall–Kier alpha value is -3.21. The van der Waals surface area contributed by atoms with E-state index in [4.69, 9.17) is 5.73 Å². The van der Waals surface area contributed by atoms with E-state index in [1.54, 1.807) is 20.2 Å². The molecule has 0 heterocycles. The third kappa shape index (κ3) is 3.55. The lowest BCUT2D eigenvalue weighted by Gasteiger charge is -2.50. The maximum absolute atomic E-state index is 13.8. The third-order valence-electron chi connectivity index (χ3n) is 7.40. The van der Waals surface area contributed by atoms with Gasteiger partial charge in [0.15, 0.2) is 11.4 Å². The number of nitrogens with two attached hydrogens (primary N) is 1. The van der Waals surface area contributed by atoms with Crippen LogP contribution in [0.1, 0.15) is 37.0 Å². The molecular weight excluding hydrogens is 454 g/mol. The largest absolute Gasteiger partial charge is 0.508 e. The minimum absolute atomic E-state index is 0.0679.